The Labute approximate surface area is 111 Å². The van der Waals surface area contributed by atoms with E-state index < -0.39 is 0 Å². The van der Waals surface area contributed by atoms with Crippen LogP contribution in [0.15, 0.2) is 24.5 Å². The molecule has 0 bridgehead atoms. The number of anilines is 1. The van der Waals surface area contributed by atoms with Gasteiger partial charge in [-0.25, -0.2) is 0 Å². The van der Waals surface area contributed by atoms with E-state index in [1.54, 1.807) is 18.0 Å². The molecule has 3 N–H and O–H groups in total. The molecule has 0 spiro atoms. The molecule has 5 nitrogen and oxygen atoms in total. The highest BCUT2D eigenvalue weighted by Crippen LogP contribution is 2.35. The molecule has 0 aliphatic carbocycles. The number of H-pyrrole nitrogens is 1. The Morgan fingerprint density at radius 1 is 1.37 bits per heavy atom. The van der Waals surface area contributed by atoms with Crippen molar-refractivity contribution in [2.45, 2.75) is 6.92 Å². The van der Waals surface area contributed by atoms with Crippen LogP contribution in [-0.2, 0) is 7.05 Å². The largest absolute Gasteiger partial charge is 0.495 e. The number of nitrogen functional groups attached to an aromatic ring is 1. The number of hydrogen-bond donors (Lipinski definition) is 2. The van der Waals surface area contributed by atoms with E-state index >= 15 is 0 Å². The third kappa shape index (κ3) is 1.66. The monoisotopic (exact) mass is 256 g/mol. The summed E-state index contributed by atoms with van der Waals surface area (Å²) in [4.78, 5) is 3.23. The van der Waals surface area contributed by atoms with Crippen LogP contribution >= 0.6 is 0 Å². The van der Waals surface area contributed by atoms with Crippen LogP contribution in [0.1, 0.15) is 5.56 Å². The molecule has 0 saturated heterocycles. The van der Waals surface area contributed by atoms with Crippen molar-refractivity contribution in [1.29, 1.82) is 0 Å². The molecule has 3 aromatic rings. The summed E-state index contributed by atoms with van der Waals surface area (Å²) in [5.74, 6) is 1.46. The SMILES string of the molecule is COc1cc(-c2cnn(C)c2N)cc2c(C)c[nH]c12. The highest BCUT2D eigenvalue weighted by Gasteiger charge is 2.13. The maximum absolute atomic E-state index is 6.04. The zero-order valence-corrected chi connectivity index (χ0v) is 11.2. The number of nitrogens with two attached hydrogens (primary N) is 1. The number of benzene rings is 1. The van der Waals surface area contributed by atoms with Crippen LogP contribution in [-0.4, -0.2) is 21.9 Å². The number of aryl methyl sites for hydroxylation is 2. The van der Waals surface area contributed by atoms with Gasteiger partial charge in [0.1, 0.15) is 11.6 Å². The van der Waals surface area contributed by atoms with Gasteiger partial charge in [-0.05, 0) is 30.2 Å². The second kappa shape index (κ2) is 4.05. The zero-order valence-electron chi connectivity index (χ0n) is 11.2. The molecule has 0 unspecified atom stereocenters. The molecule has 98 valence electrons. The minimum absolute atomic E-state index is 0.648. The second-order valence-corrected chi connectivity index (χ2v) is 4.64. The lowest BCUT2D eigenvalue weighted by molar-refractivity contribution is 0.419. The predicted octanol–water partition coefficient (Wildman–Crippen LogP) is 2.47. The van der Waals surface area contributed by atoms with E-state index in [-0.39, 0.29) is 0 Å². The summed E-state index contributed by atoms with van der Waals surface area (Å²) in [6, 6.07) is 4.09. The molecule has 0 fully saturated rings. The van der Waals surface area contributed by atoms with Gasteiger partial charge in [-0.3, -0.25) is 4.68 Å². The second-order valence-electron chi connectivity index (χ2n) is 4.64. The summed E-state index contributed by atoms with van der Waals surface area (Å²) in [7, 11) is 3.50. The van der Waals surface area contributed by atoms with Crippen molar-refractivity contribution in [1.82, 2.24) is 14.8 Å². The molecule has 0 radical (unpaired) electrons. The molecule has 0 saturated carbocycles. The predicted molar refractivity (Wildman–Crippen MR) is 76.2 cm³/mol. The van der Waals surface area contributed by atoms with Gasteiger partial charge in [-0.2, -0.15) is 5.10 Å². The van der Waals surface area contributed by atoms with E-state index in [0.29, 0.717) is 5.82 Å². The molecule has 3 rings (SSSR count). The first-order chi connectivity index (χ1) is 9.11. The summed E-state index contributed by atoms with van der Waals surface area (Å²) >= 11 is 0. The molecule has 0 aliphatic heterocycles. The summed E-state index contributed by atoms with van der Waals surface area (Å²) in [6.45, 7) is 2.06. The number of aromatic nitrogens is 3. The van der Waals surface area contributed by atoms with Crippen molar-refractivity contribution in [2.24, 2.45) is 7.05 Å². The number of nitrogens with one attached hydrogen (secondary N) is 1. The summed E-state index contributed by atoms with van der Waals surface area (Å²) in [5.41, 5.74) is 10.2. The summed E-state index contributed by atoms with van der Waals surface area (Å²) in [6.07, 6.45) is 3.75. The average Bonchev–Trinajstić information content (AvgIpc) is 2.94. The Hall–Kier alpha value is -2.43. The van der Waals surface area contributed by atoms with E-state index in [9.17, 15) is 0 Å². The minimum Gasteiger partial charge on any atom is -0.495 e. The molecular formula is C14H16N4O. The molecule has 2 heterocycles. The summed E-state index contributed by atoms with van der Waals surface area (Å²) in [5, 5.41) is 5.32. The fourth-order valence-electron chi connectivity index (χ4n) is 2.32. The molecule has 0 aliphatic rings. The van der Waals surface area contributed by atoms with Crippen LogP contribution in [0.5, 0.6) is 5.75 Å². The standard InChI is InChI=1S/C14H16N4O/c1-8-6-16-13-10(8)4-9(5-12(13)19-3)11-7-17-18(2)14(11)15/h4-7,16H,15H2,1-3H3. The van der Waals surface area contributed by atoms with Gasteiger partial charge in [0.15, 0.2) is 0 Å². The van der Waals surface area contributed by atoms with Gasteiger partial charge in [0, 0.05) is 24.2 Å². The first-order valence-corrected chi connectivity index (χ1v) is 6.05. The lowest BCUT2D eigenvalue weighted by Gasteiger charge is -2.07. The zero-order chi connectivity index (χ0) is 13.6. The van der Waals surface area contributed by atoms with Crippen LogP contribution in [0.25, 0.3) is 22.0 Å². The van der Waals surface area contributed by atoms with Gasteiger partial charge in [0.25, 0.3) is 0 Å². The third-order valence-electron chi connectivity index (χ3n) is 3.48. The van der Waals surface area contributed by atoms with E-state index in [1.807, 2.05) is 19.3 Å². The smallest absolute Gasteiger partial charge is 0.143 e. The van der Waals surface area contributed by atoms with Crippen molar-refractivity contribution in [3.63, 3.8) is 0 Å². The number of methoxy groups -OCH3 is 1. The van der Waals surface area contributed by atoms with Crippen molar-refractivity contribution < 1.29 is 4.74 Å². The third-order valence-corrected chi connectivity index (χ3v) is 3.48. The average molecular weight is 256 g/mol. The Morgan fingerprint density at radius 3 is 2.79 bits per heavy atom. The highest BCUT2D eigenvalue weighted by atomic mass is 16.5. The Bertz CT molecular complexity index is 754. The van der Waals surface area contributed by atoms with Crippen LogP contribution in [0, 0.1) is 6.92 Å². The Balaban J connectivity index is 2.30. The summed E-state index contributed by atoms with van der Waals surface area (Å²) < 4.78 is 7.11. The van der Waals surface area contributed by atoms with Crippen LogP contribution < -0.4 is 10.5 Å². The number of nitrogens with zero attached hydrogens (tertiary/aromatic N) is 2. The van der Waals surface area contributed by atoms with Gasteiger partial charge >= 0.3 is 0 Å². The molecule has 0 amide bonds. The fourth-order valence-corrected chi connectivity index (χ4v) is 2.32. The lowest BCUT2D eigenvalue weighted by Crippen LogP contribution is -1.98. The van der Waals surface area contributed by atoms with Gasteiger partial charge in [0.05, 0.1) is 18.8 Å². The maximum Gasteiger partial charge on any atom is 0.143 e. The minimum atomic E-state index is 0.648. The lowest BCUT2D eigenvalue weighted by atomic mass is 10.0. The fraction of sp³-hybridized carbons (Fsp3) is 0.214. The number of ether oxygens (including phenoxy) is 1. The Kier molecular flexibility index (Phi) is 2.48. The highest BCUT2D eigenvalue weighted by molar-refractivity contribution is 5.93. The van der Waals surface area contributed by atoms with E-state index in [0.717, 1.165) is 27.8 Å². The van der Waals surface area contributed by atoms with Crippen LogP contribution in [0.3, 0.4) is 0 Å². The first-order valence-electron chi connectivity index (χ1n) is 6.05. The number of rotatable bonds is 2. The maximum atomic E-state index is 6.04. The van der Waals surface area contributed by atoms with E-state index in [1.165, 1.54) is 5.56 Å². The molecular weight excluding hydrogens is 240 g/mol. The van der Waals surface area contributed by atoms with E-state index in [2.05, 4.69) is 23.1 Å². The molecule has 0 atom stereocenters. The van der Waals surface area contributed by atoms with Gasteiger partial charge in [-0.1, -0.05) is 0 Å². The van der Waals surface area contributed by atoms with Crippen molar-refractivity contribution in [3.8, 4) is 16.9 Å². The Morgan fingerprint density at radius 2 is 2.16 bits per heavy atom. The van der Waals surface area contributed by atoms with Crippen molar-refractivity contribution in [2.75, 3.05) is 12.8 Å². The van der Waals surface area contributed by atoms with Gasteiger partial charge in [0.2, 0.25) is 0 Å². The van der Waals surface area contributed by atoms with Crippen LogP contribution in [0.2, 0.25) is 0 Å². The van der Waals surface area contributed by atoms with Crippen molar-refractivity contribution >= 4 is 16.7 Å². The van der Waals surface area contributed by atoms with Crippen LogP contribution in [0.4, 0.5) is 5.82 Å². The number of fused-ring (bicyclic) bond motifs is 1. The molecule has 19 heavy (non-hydrogen) atoms. The topological polar surface area (TPSA) is 68.9 Å². The van der Waals surface area contributed by atoms with Crippen molar-refractivity contribution in [3.05, 3.63) is 30.1 Å². The van der Waals surface area contributed by atoms with Gasteiger partial charge < -0.3 is 15.5 Å². The number of hydrogen-bond acceptors (Lipinski definition) is 3. The molecule has 2 aromatic heterocycles. The van der Waals surface area contributed by atoms with Gasteiger partial charge in [-0.15, -0.1) is 0 Å². The molecule has 5 heteroatoms. The van der Waals surface area contributed by atoms with E-state index in [4.69, 9.17) is 10.5 Å². The normalized spacial score (nSPS) is 11.1. The quantitative estimate of drug-likeness (QED) is 0.740. The number of aromatic amines is 1. The first kappa shape index (κ1) is 11.6. The molecule has 1 aromatic carbocycles.